The lowest BCUT2D eigenvalue weighted by molar-refractivity contribution is 0.0555. The Bertz CT molecular complexity index is 915. The van der Waals surface area contributed by atoms with Crippen LogP contribution in [0.15, 0.2) is 42.5 Å². The molecule has 0 saturated heterocycles. The van der Waals surface area contributed by atoms with Gasteiger partial charge in [0.2, 0.25) is 0 Å². The van der Waals surface area contributed by atoms with Gasteiger partial charge in [-0.25, -0.2) is 9.37 Å². The van der Waals surface area contributed by atoms with Gasteiger partial charge < -0.3 is 5.11 Å². The third-order valence-corrected chi connectivity index (χ3v) is 4.61. The second kappa shape index (κ2) is 5.99. The molecule has 3 rings (SSSR count). The fraction of sp³-hybridized carbons (Fsp3) is 0.238. The summed E-state index contributed by atoms with van der Waals surface area (Å²) in [6.07, 6.45) is 0.285. The number of pyridine rings is 1. The van der Waals surface area contributed by atoms with E-state index in [4.69, 9.17) is 0 Å². The van der Waals surface area contributed by atoms with E-state index < -0.39 is 5.60 Å². The zero-order valence-corrected chi connectivity index (χ0v) is 14.2. The van der Waals surface area contributed by atoms with Crippen LogP contribution in [0.1, 0.15) is 30.2 Å². The minimum atomic E-state index is -1.16. The molecule has 2 aromatic carbocycles. The second-order valence-electron chi connectivity index (χ2n) is 6.52. The Kier molecular flexibility index (Phi) is 4.14. The van der Waals surface area contributed by atoms with Gasteiger partial charge in [-0.3, -0.25) is 0 Å². The molecule has 0 aliphatic heterocycles. The van der Waals surface area contributed by atoms with Gasteiger partial charge >= 0.3 is 0 Å². The molecule has 123 valence electrons. The van der Waals surface area contributed by atoms with Gasteiger partial charge in [0.25, 0.3) is 0 Å². The molecule has 1 heterocycles. The van der Waals surface area contributed by atoms with Crippen molar-refractivity contribution >= 4 is 10.8 Å². The maximum Gasteiger partial charge on any atom is 0.132 e. The number of nitrogens with zero attached hydrogens (tertiary/aromatic N) is 1. The summed E-state index contributed by atoms with van der Waals surface area (Å²) in [5.74, 6) is -0.323. The average molecular weight is 322 g/mol. The highest BCUT2D eigenvalue weighted by Crippen LogP contribution is 2.34. The van der Waals surface area contributed by atoms with Crippen LogP contribution in [-0.4, -0.2) is 10.1 Å². The molecule has 0 saturated carbocycles. The predicted molar refractivity (Wildman–Crippen MR) is 96.2 cm³/mol. The number of hydrogen-bond acceptors (Lipinski definition) is 2. The van der Waals surface area contributed by atoms with Crippen LogP contribution in [0, 0.1) is 26.6 Å². The molecule has 0 spiro atoms. The van der Waals surface area contributed by atoms with Crippen LogP contribution in [0.5, 0.6) is 0 Å². The lowest BCUT2D eigenvalue weighted by atomic mass is 9.93. The number of aryl methyl sites for hydroxylation is 2. The van der Waals surface area contributed by atoms with E-state index in [-0.39, 0.29) is 12.2 Å². The van der Waals surface area contributed by atoms with Gasteiger partial charge in [-0.05, 0) is 68.0 Å². The Morgan fingerprint density at radius 2 is 1.79 bits per heavy atom. The van der Waals surface area contributed by atoms with E-state index in [1.807, 2.05) is 26.0 Å². The van der Waals surface area contributed by atoms with Gasteiger partial charge in [-0.15, -0.1) is 0 Å². The molecule has 0 bridgehead atoms. The third-order valence-electron chi connectivity index (χ3n) is 4.61. The normalized spacial score (nSPS) is 13.9. The number of hydrogen-bond donors (Lipinski definition) is 1. The molecule has 0 aliphatic rings. The molecular weight excluding hydrogens is 301 g/mol. The van der Waals surface area contributed by atoms with Crippen molar-refractivity contribution in [2.45, 2.75) is 32.8 Å². The van der Waals surface area contributed by atoms with Crippen molar-refractivity contribution in [3.05, 3.63) is 72.0 Å². The average Bonchev–Trinajstić information content (AvgIpc) is 2.55. The van der Waals surface area contributed by atoms with Gasteiger partial charge in [-0.1, -0.05) is 25.1 Å². The largest absolute Gasteiger partial charge is 0.384 e. The van der Waals surface area contributed by atoms with Crippen molar-refractivity contribution in [1.29, 1.82) is 0 Å². The van der Waals surface area contributed by atoms with E-state index in [0.717, 1.165) is 21.9 Å². The van der Waals surface area contributed by atoms with Crippen LogP contribution < -0.4 is 0 Å². The van der Waals surface area contributed by atoms with Crippen LogP contribution in [-0.2, 0) is 5.60 Å². The molecule has 1 atom stereocenters. The number of fused-ring (bicyclic) bond motifs is 1. The van der Waals surface area contributed by atoms with Crippen molar-refractivity contribution in [2.75, 3.05) is 0 Å². The molecular formula is C21H21FNO. The zero-order valence-electron chi connectivity index (χ0n) is 14.2. The van der Waals surface area contributed by atoms with Gasteiger partial charge in [-0.2, -0.15) is 0 Å². The molecule has 1 aromatic heterocycles. The van der Waals surface area contributed by atoms with Crippen molar-refractivity contribution in [2.24, 2.45) is 0 Å². The minimum Gasteiger partial charge on any atom is -0.384 e. The summed E-state index contributed by atoms with van der Waals surface area (Å²) >= 11 is 0. The van der Waals surface area contributed by atoms with Gasteiger partial charge in [0.15, 0.2) is 0 Å². The molecule has 24 heavy (non-hydrogen) atoms. The Labute approximate surface area is 142 Å². The second-order valence-corrected chi connectivity index (χ2v) is 6.52. The molecule has 3 heteroatoms. The molecule has 0 amide bonds. The predicted octanol–water partition coefficient (Wildman–Crippen LogP) is 5.09. The Morgan fingerprint density at radius 3 is 2.46 bits per heavy atom. The quantitative estimate of drug-likeness (QED) is 0.728. The number of aromatic nitrogens is 1. The highest BCUT2D eigenvalue weighted by atomic mass is 19.1. The number of benzene rings is 2. The lowest BCUT2D eigenvalue weighted by Gasteiger charge is -2.23. The molecule has 1 unspecified atom stereocenters. The van der Waals surface area contributed by atoms with E-state index in [9.17, 15) is 9.50 Å². The molecule has 1 radical (unpaired) electrons. The summed E-state index contributed by atoms with van der Waals surface area (Å²) in [7, 11) is 0. The smallest absolute Gasteiger partial charge is 0.132 e. The fourth-order valence-corrected chi connectivity index (χ4v) is 2.79. The summed E-state index contributed by atoms with van der Waals surface area (Å²) < 4.78 is 14.4. The lowest BCUT2D eigenvalue weighted by Crippen LogP contribution is -2.21. The van der Waals surface area contributed by atoms with Crippen LogP contribution in [0.4, 0.5) is 4.39 Å². The summed E-state index contributed by atoms with van der Waals surface area (Å²) in [5, 5.41) is 12.4. The summed E-state index contributed by atoms with van der Waals surface area (Å²) in [4.78, 5) is 4.62. The topological polar surface area (TPSA) is 33.1 Å². The highest BCUT2D eigenvalue weighted by Gasteiger charge is 2.25. The van der Waals surface area contributed by atoms with Crippen LogP contribution in [0.3, 0.4) is 0 Å². The molecule has 3 aromatic rings. The molecule has 2 nitrogen and oxygen atoms in total. The summed E-state index contributed by atoms with van der Waals surface area (Å²) in [5.41, 5.74) is 2.61. The van der Waals surface area contributed by atoms with Crippen molar-refractivity contribution in [3.8, 4) is 11.3 Å². The van der Waals surface area contributed by atoms with E-state index in [2.05, 4.69) is 18.0 Å². The van der Waals surface area contributed by atoms with E-state index in [1.165, 1.54) is 6.07 Å². The SMILES string of the molecule is [CH2]CC(C)(O)c1cc2cc(C)c(C)cc2c(-c2ccccc2F)n1. The third kappa shape index (κ3) is 2.80. The maximum absolute atomic E-state index is 14.4. The minimum absolute atomic E-state index is 0.285. The Morgan fingerprint density at radius 1 is 1.12 bits per heavy atom. The van der Waals surface area contributed by atoms with Gasteiger partial charge in [0.1, 0.15) is 11.4 Å². The first kappa shape index (κ1) is 16.6. The Hall–Kier alpha value is -2.26. The zero-order chi connectivity index (χ0) is 17.5. The first-order chi connectivity index (χ1) is 11.3. The standard InChI is InChI=1S/C21H21FNO/c1-5-21(4,24)19-12-15-10-13(2)14(3)11-17(15)20(23-19)16-8-6-7-9-18(16)22/h6-12,24H,1,5H2,2-4H3. The van der Waals surface area contributed by atoms with Gasteiger partial charge in [0.05, 0.1) is 11.4 Å². The highest BCUT2D eigenvalue weighted by molar-refractivity contribution is 5.96. The van der Waals surface area contributed by atoms with Gasteiger partial charge in [0, 0.05) is 10.9 Å². The molecule has 0 aliphatic carbocycles. The maximum atomic E-state index is 14.4. The van der Waals surface area contributed by atoms with Crippen LogP contribution >= 0.6 is 0 Å². The monoisotopic (exact) mass is 322 g/mol. The van der Waals surface area contributed by atoms with Crippen LogP contribution in [0.2, 0.25) is 0 Å². The summed E-state index contributed by atoms with van der Waals surface area (Å²) in [6, 6.07) is 12.6. The molecule has 0 fully saturated rings. The first-order valence-electron chi connectivity index (χ1n) is 8.02. The van der Waals surface area contributed by atoms with Crippen LogP contribution in [0.25, 0.3) is 22.0 Å². The van der Waals surface area contributed by atoms with Crippen molar-refractivity contribution in [1.82, 2.24) is 4.98 Å². The van der Waals surface area contributed by atoms with E-state index >= 15 is 0 Å². The first-order valence-corrected chi connectivity index (χ1v) is 8.02. The number of rotatable bonds is 3. The van der Waals surface area contributed by atoms with E-state index in [0.29, 0.717) is 17.0 Å². The van der Waals surface area contributed by atoms with E-state index in [1.54, 1.807) is 25.1 Å². The number of halogens is 1. The number of aliphatic hydroxyl groups is 1. The fourth-order valence-electron chi connectivity index (χ4n) is 2.79. The van der Waals surface area contributed by atoms with Crippen molar-refractivity contribution in [3.63, 3.8) is 0 Å². The Balaban J connectivity index is 2.41. The summed E-state index contributed by atoms with van der Waals surface area (Å²) in [6.45, 7) is 9.55. The van der Waals surface area contributed by atoms with Crippen molar-refractivity contribution < 1.29 is 9.50 Å². The molecule has 1 N–H and O–H groups in total.